The second-order valence-corrected chi connectivity index (χ2v) is 7.44. The van der Waals surface area contributed by atoms with Crippen LogP contribution in [0.25, 0.3) is 0 Å². The van der Waals surface area contributed by atoms with Crippen molar-refractivity contribution < 1.29 is 22.7 Å². The van der Waals surface area contributed by atoms with Crippen LogP contribution in [0.15, 0.2) is 48.7 Å². The molecule has 8 heteroatoms. The Labute approximate surface area is 167 Å². The Morgan fingerprint density at radius 3 is 2.66 bits per heavy atom. The molecule has 2 unspecified atom stereocenters. The van der Waals surface area contributed by atoms with Crippen LogP contribution < -0.4 is 9.64 Å². The SMILES string of the molecule is O=C(COc1ccccc1)N1CCC2CCN(c3cc(C(F)(F)F)ccn3)CC21. The third-order valence-electron chi connectivity index (χ3n) is 5.69. The number of nitrogens with zero attached hydrogens (tertiary/aromatic N) is 3. The first-order valence-corrected chi connectivity index (χ1v) is 9.67. The lowest BCUT2D eigenvalue weighted by atomic mass is 9.92. The lowest BCUT2D eigenvalue weighted by Gasteiger charge is -2.39. The van der Waals surface area contributed by atoms with Crippen molar-refractivity contribution >= 4 is 11.7 Å². The summed E-state index contributed by atoms with van der Waals surface area (Å²) in [5.74, 6) is 1.20. The third-order valence-corrected chi connectivity index (χ3v) is 5.69. The molecule has 2 aliphatic rings. The minimum absolute atomic E-state index is 0.0352. The van der Waals surface area contributed by atoms with E-state index >= 15 is 0 Å². The standard InChI is InChI=1S/C21H22F3N3O2/c22-21(23,24)16-6-9-25-19(12-16)26-10-7-15-8-11-27(18(15)13-26)20(28)14-29-17-4-2-1-3-5-17/h1-6,9,12,15,18H,7-8,10-11,13-14H2. The predicted molar refractivity (Wildman–Crippen MR) is 102 cm³/mol. The van der Waals surface area contributed by atoms with E-state index in [2.05, 4.69) is 4.98 Å². The van der Waals surface area contributed by atoms with Gasteiger partial charge in [0.15, 0.2) is 6.61 Å². The van der Waals surface area contributed by atoms with E-state index in [1.807, 2.05) is 28.0 Å². The van der Waals surface area contributed by atoms with Gasteiger partial charge in [-0.1, -0.05) is 18.2 Å². The third kappa shape index (κ3) is 4.31. The summed E-state index contributed by atoms with van der Waals surface area (Å²) in [4.78, 5) is 20.5. The molecule has 3 heterocycles. The lowest BCUT2D eigenvalue weighted by Crippen LogP contribution is -2.51. The topological polar surface area (TPSA) is 45.7 Å². The number of hydrogen-bond acceptors (Lipinski definition) is 4. The highest BCUT2D eigenvalue weighted by atomic mass is 19.4. The summed E-state index contributed by atoms with van der Waals surface area (Å²) < 4.78 is 44.7. The average molecular weight is 405 g/mol. The van der Waals surface area contributed by atoms with Crippen LogP contribution in [-0.2, 0) is 11.0 Å². The van der Waals surface area contributed by atoms with Crippen molar-refractivity contribution in [3.05, 3.63) is 54.2 Å². The van der Waals surface area contributed by atoms with Crippen LogP contribution in [0.1, 0.15) is 18.4 Å². The molecular formula is C21H22F3N3O2. The number of rotatable bonds is 4. The Bertz CT molecular complexity index is 860. The molecule has 2 aliphatic heterocycles. The Kier molecular flexibility index (Phi) is 5.34. The number of piperidine rings is 1. The van der Waals surface area contributed by atoms with Gasteiger partial charge in [-0.15, -0.1) is 0 Å². The predicted octanol–water partition coefficient (Wildman–Crippen LogP) is 3.61. The summed E-state index contributed by atoms with van der Waals surface area (Å²) in [7, 11) is 0. The normalized spacial score (nSPS) is 21.8. The highest BCUT2D eigenvalue weighted by molar-refractivity contribution is 5.78. The lowest BCUT2D eigenvalue weighted by molar-refractivity contribution is -0.137. The van der Waals surface area contributed by atoms with E-state index in [1.165, 1.54) is 6.20 Å². The minimum Gasteiger partial charge on any atom is -0.484 e. The summed E-state index contributed by atoms with van der Waals surface area (Å²) in [6.07, 6.45) is -1.48. The van der Waals surface area contributed by atoms with Crippen molar-refractivity contribution in [1.82, 2.24) is 9.88 Å². The Morgan fingerprint density at radius 1 is 1.14 bits per heavy atom. The molecule has 1 amide bonds. The van der Waals surface area contributed by atoms with Crippen molar-refractivity contribution in [2.45, 2.75) is 25.1 Å². The van der Waals surface area contributed by atoms with E-state index in [9.17, 15) is 18.0 Å². The number of hydrogen-bond donors (Lipinski definition) is 0. The number of likely N-dealkylation sites (tertiary alicyclic amines) is 1. The zero-order chi connectivity index (χ0) is 20.4. The molecule has 0 saturated carbocycles. The van der Waals surface area contributed by atoms with Crippen molar-refractivity contribution in [1.29, 1.82) is 0 Å². The van der Waals surface area contributed by atoms with Gasteiger partial charge in [-0.3, -0.25) is 4.79 Å². The first-order valence-electron chi connectivity index (χ1n) is 9.67. The molecule has 2 aromatic rings. The molecule has 2 fully saturated rings. The maximum absolute atomic E-state index is 13.0. The van der Waals surface area contributed by atoms with Gasteiger partial charge in [0.05, 0.1) is 11.6 Å². The number of ether oxygens (including phenoxy) is 1. The molecule has 154 valence electrons. The number of para-hydroxylation sites is 1. The zero-order valence-electron chi connectivity index (χ0n) is 15.8. The largest absolute Gasteiger partial charge is 0.484 e. The van der Waals surface area contributed by atoms with Crippen LogP contribution in [0.5, 0.6) is 5.75 Å². The van der Waals surface area contributed by atoms with Crippen molar-refractivity contribution in [2.24, 2.45) is 5.92 Å². The van der Waals surface area contributed by atoms with Gasteiger partial charge in [0.2, 0.25) is 0 Å². The molecule has 0 aliphatic carbocycles. The van der Waals surface area contributed by atoms with Gasteiger partial charge in [-0.05, 0) is 43.0 Å². The fourth-order valence-electron chi connectivity index (χ4n) is 4.17. The molecule has 0 bridgehead atoms. The molecule has 1 aromatic heterocycles. The molecule has 2 saturated heterocycles. The highest BCUT2D eigenvalue weighted by Gasteiger charge is 2.41. The van der Waals surface area contributed by atoms with E-state index in [0.717, 1.165) is 25.0 Å². The first kappa shape index (κ1) is 19.5. The highest BCUT2D eigenvalue weighted by Crippen LogP contribution is 2.35. The van der Waals surface area contributed by atoms with Crippen molar-refractivity contribution in [2.75, 3.05) is 31.1 Å². The number of anilines is 1. The quantitative estimate of drug-likeness (QED) is 0.780. The number of aromatic nitrogens is 1. The maximum Gasteiger partial charge on any atom is 0.416 e. The van der Waals surface area contributed by atoms with Gasteiger partial charge < -0.3 is 14.5 Å². The fourth-order valence-corrected chi connectivity index (χ4v) is 4.17. The summed E-state index contributed by atoms with van der Waals surface area (Å²) in [5, 5.41) is 0. The van der Waals surface area contributed by atoms with Crippen LogP contribution in [-0.4, -0.2) is 48.1 Å². The number of carbonyl (C=O) groups excluding carboxylic acids is 1. The number of benzene rings is 1. The smallest absolute Gasteiger partial charge is 0.416 e. The van der Waals surface area contributed by atoms with E-state index in [1.54, 1.807) is 12.1 Å². The van der Waals surface area contributed by atoms with E-state index in [0.29, 0.717) is 37.1 Å². The summed E-state index contributed by atoms with van der Waals surface area (Å²) >= 11 is 0. The van der Waals surface area contributed by atoms with Gasteiger partial charge in [0.1, 0.15) is 11.6 Å². The monoisotopic (exact) mass is 405 g/mol. The first-order chi connectivity index (χ1) is 13.9. The number of carbonyl (C=O) groups is 1. The van der Waals surface area contributed by atoms with E-state index in [-0.39, 0.29) is 18.6 Å². The van der Waals surface area contributed by atoms with Crippen molar-refractivity contribution in [3.8, 4) is 5.75 Å². The molecule has 0 spiro atoms. The van der Waals surface area contributed by atoms with Gasteiger partial charge >= 0.3 is 6.18 Å². The van der Waals surface area contributed by atoms with Crippen LogP contribution in [0.4, 0.5) is 19.0 Å². The van der Waals surface area contributed by atoms with Crippen LogP contribution in [0, 0.1) is 5.92 Å². The number of amides is 1. The Morgan fingerprint density at radius 2 is 1.90 bits per heavy atom. The fraction of sp³-hybridized carbons (Fsp3) is 0.429. The molecule has 0 radical (unpaired) electrons. The Balaban J connectivity index is 1.43. The van der Waals surface area contributed by atoms with E-state index < -0.39 is 11.7 Å². The van der Waals surface area contributed by atoms with Gasteiger partial charge in [-0.25, -0.2) is 4.98 Å². The molecule has 29 heavy (non-hydrogen) atoms. The molecule has 4 rings (SSSR count). The summed E-state index contributed by atoms with van der Waals surface area (Å²) in [6, 6.07) is 11.2. The zero-order valence-corrected chi connectivity index (χ0v) is 15.8. The van der Waals surface area contributed by atoms with Crippen LogP contribution >= 0.6 is 0 Å². The van der Waals surface area contributed by atoms with Crippen LogP contribution in [0.2, 0.25) is 0 Å². The molecule has 1 aromatic carbocycles. The molecule has 0 N–H and O–H groups in total. The number of alkyl halides is 3. The van der Waals surface area contributed by atoms with E-state index in [4.69, 9.17) is 4.74 Å². The second-order valence-electron chi connectivity index (χ2n) is 7.44. The van der Waals surface area contributed by atoms with Gasteiger partial charge in [0, 0.05) is 25.8 Å². The van der Waals surface area contributed by atoms with Gasteiger partial charge in [0.25, 0.3) is 5.91 Å². The number of pyridine rings is 1. The average Bonchev–Trinajstić information content (AvgIpc) is 3.15. The minimum atomic E-state index is -4.40. The Hall–Kier alpha value is -2.77. The second kappa shape index (κ2) is 7.93. The number of fused-ring (bicyclic) bond motifs is 1. The maximum atomic E-state index is 13.0. The number of halogens is 3. The van der Waals surface area contributed by atoms with Gasteiger partial charge in [-0.2, -0.15) is 13.2 Å². The van der Waals surface area contributed by atoms with Crippen LogP contribution in [0.3, 0.4) is 0 Å². The molecular weight excluding hydrogens is 383 g/mol. The van der Waals surface area contributed by atoms with Crippen molar-refractivity contribution in [3.63, 3.8) is 0 Å². The molecule has 5 nitrogen and oxygen atoms in total. The summed E-state index contributed by atoms with van der Waals surface area (Å²) in [6.45, 7) is 1.72. The molecule has 2 atom stereocenters. The summed E-state index contributed by atoms with van der Waals surface area (Å²) in [5.41, 5.74) is -0.708.